The zero-order valence-electron chi connectivity index (χ0n) is 13.5. The molecule has 1 N–H and O–H groups in total. The molecule has 2 bridgehead atoms. The van der Waals surface area contributed by atoms with Crippen molar-refractivity contribution in [2.24, 2.45) is 0 Å². The maximum Gasteiger partial charge on any atom is 0.228 e. The highest BCUT2D eigenvalue weighted by Crippen LogP contribution is 2.33. The van der Waals surface area contributed by atoms with E-state index in [1.54, 1.807) is 11.3 Å². The van der Waals surface area contributed by atoms with Gasteiger partial charge in [-0.25, -0.2) is 4.98 Å². The van der Waals surface area contributed by atoms with Gasteiger partial charge in [0.15, 0.2) is 0 Å². The monoisotopic (exact) mass is 381 g/mol. The van der Waals surface area contributed by atoms with Crippen molar-refractivity contribution in [3.05, 3.63) is 27.5 Å². The van der Waals surface area contributed by atoms with E-state index in [4.69, 9.17) is 11.6 Å². The summed E-state index contributed by atoms with van der Waals surface area (Å²) >= 11 is 9.08. The zero-order chi connectivity index (χ0) is 16.7. The van der Waals surface area contributed by atoms with E-state index in [1.165, 1.54) is 24.2 Å². The van der Waals surface area contributed by atoms with Gasteiger partial charge in [-0.1, -0.05) is 11.6 Å². The molecule has 2 unspecified atom stereocenters. The standard InChI is InChI=1S/C17H20ClN3OS2/c1-21(13-6-10-2-3-11(7-13)19-10)16(22)8-12-9-23-17(20-12)14-4-5-15(18)24-14/h4-5,9-11,13,19H,2-3,6-8H2,1H3. The molecule has 0 aromatic carbocycles. The van der Waals surface area contributed by atoms with Crippen LogP contribution in [0.25, 0.3) is 9.88 Å². The van der Waals surface area contributed by atoms with Crippen LogP contribution in [-0.2, 0) is 11.2 Å². The number of amides is 1. The van der Waals surface area contributed by atoms with Crippen LogP contribution in [0.3, 0.4) is 0 Å². The average Bonchev–Trinajstić information content (AvgIpc) is 3.27. The second-order valence-corrected chi connectivity index (χ2v) is 9.27. The van der Waals surface area contributed by atoms with E-state index >= 15 is 0 Å². The molecule has 2 fully saturated rings. The lowest BCUT2D eigenvalue weighted by Gasteiger charge is -2.35. The first-order valence-electron chi connectivity index (χ1n) is 8.30. The number of carbonyl (C=O) groups is 1. The first-order valence-corrected chi connectivity index (χ1v) is 10.4. The molecule has 4 nitrogen and oxygen atoms in total. The Kier molecular flexibility index (Phi) is 4.64. The molecule has 2 saturated heterocycles. The van der Waals surface area contributed by atoms with Gasteiger partial charge in [0.2, 0.25) is 5.91 Å². The van der Waals surface area contributed by atoms with E-state index in [0.29, 0.717) is 24.5 Å². The number of carbonyl (C=O) groups excluding carboxylic acids is 1. The topological polar surface area (TPSA) is 45.2 Å². The normalized spacial score (nSPS) is 25.8. The van der Waals surface area contributed by atoms with Gasteiger partial charge >= 0.3 is 0 Å². The van der Waals surface area contributed by atoms with Gasteiger partial charge in [-0.3, -0.25) is 4.79 Å². The number of aromatic nitrogens is 1. The summed E-state index contributed by atoms with van der Waals surface area (Å²) < 4.78 is 0.762. The molecule has 128 valence electrons. The molecule has 0 radical (unpaired) electrons. The lowest BCUT2D eigenvalue weighted by molar-refractivity contribution is -0.132. The maximum absolute atomic E-state index is 12.6. The van der Waals surface area contributed by atoms with Gasteiger partial charge in [0.1, 0.15) is 5.01 Å². The number of thiazole rings is 1. The summed E-state index contributed by atoms with van der Waals surface area (Å²) in [6.07, 6.45) is 5.04. The molecule has 2 aromatic rings. The molecule has 0 saturated carbocycles. The fourth-order valence-electron chi connectivity index (χ4n) is 3.76. The van der Waals surface area contributed by atoms with Crippen LogP contribution in [0.2, 0.25) is 4.34 Å². The Morgan fingerprint density at radius 2 is 2.12 bits per heavy atom. The number of halogens is 1. The molecule has 1 amide bonds. The van der Waals surface area contributed by atoms with Gasteiger partial charge in [-0.2, -0.15) is 0 Å². The Labute approximate surface area is 154 Å². The molecular formula is C17H20ClN3OS2. The average molecular weight is 382 g/mol. The molecule has 0 spiro atoms. The Balaban J connectivity index is 1.40. The minimum absolute atomic E-state index is 0.169. The number of rotatable bonds is 4. The molecule has 2 aliphatic heterocycles. The summed E-state index contributed by atoms with van der Waals surface area (Å²) in [5, 5.41) is 6.56. The van der Waals surface area contributed by atoms with Crippen LogP contribution in [0.1, 0.15) is 31.4 Å². The highest BCUT2D eigenvalue weighted by atomic mass is 35.5. The molecule has 24 heavy (non-hydrogen) atoms. The van der Waals surface area contributed by atoms with Crippen molar-refractivity contribution < 1.29 is 4.79 Å². The first-order chi connectivity index (χ1) is 11.6. The van der Waals surface area contributed by atoms with Gasteiger partial charge in [-0.15, -0.1) is 22.7 Å². The second kappa shape index (κ2) is 6.75. The van der Waals surface area contributed by atoms with Gasteiger partial charge < -0.3 is 10.2 Å². The lowest BCUT2D eigenvalue weighted by Crippen LogP contribution is -2.49. The minimum atomic E-state index is 0.169. The van der Waals surface area contributed by atoms with Crippen LogP contribution in [0.4, 0.5) is 0 Å². The molecule has 0 aliphatic carbocycles. The van der Waals surface area contributed by atoms with E-state index in [2.05, 4.69) is 10.3 Å². The number of nitrogens with one attached hydrogen (secondary N) is 1. The van der Waals surface area contributed by atoms with E-state index in [-0.39, 0.29) is 5.91 Å². The summed E-state index contributed by atoms with van der Waals surface area (Å²) in [6, 6.07) is 5.42. The van der Waals surface area contributed by atoms with Crippen molar-refractivity contribution >= 4 is 40.2 Å². The fourth-order valence-corrected chi connectivity index (χ4v) is 5.69. The molecule has 2 atom stereocenters. The largest absolute Gasteiger partial charge is 0.342 e. The van der Waals surface area contributed by atoms with Crippen LogP contribution in [0.15, 0.2) is 17.5 Å². The van der Waals surface area contributed by atoms with Crippen molar-refractivity contribution in [1.82, 2.24) is 15.2 Å². The minimum Gasteiger partial charge on any atom is -0.342 e. The van der Waals surface area contributed by atoms with Crippen LogP contribution in [0.5, 0.6) is 0 Å². The highest BCUT2D eigenvalue weighted by Gasteiger charge is 2.36. The summed E-state index contributed by atoms with van der Waals surface area (Å²) in [5.41, 5.74) is 0.855. The first kappa shape index (κ1) is 16.5. The van der Waals surface area contributed by atoms with E-state index < -0.39 is 0 Å². The van der Waals surface area contributed by atoms with Gasteiger partial charge in [-0.05, 0) is 37.8 Å². The second-order valence-electron chi connectivity index (χ2n) is 6.69. The third-order valence-electron chi connectivity index (χ3n) is 5.06. The third kappa shape index (κ3) is 3.38. The predicted octanol–water partition coefficient (Wildman–Crippen LogP) is 3.81. The lowest BCUT2D eigenvalue weighted by atomic mass is 9.98. The Morgan fingerprint density at radius 3 is 2.79 bits per heavy atom. The van der Waals surface area contributed by atoms with Crippen LogP contribution in [-0.4, -0.2) is 41.0 Å². The third-order valence-corrected chi connectivity index (χ3v) is 7.35. The van der Waals surface area contributed by atoms with E-state index in [9.17, 15) is 4.79 Å². The van der Waals surface area contributed by atoms with Crippen LogP contribution in [0, 0.1) is 0 Å². The van der Waals surface area contributed by atoms with Crippen LogP contribution >= 0.6 is 34.3 Å². The fraction of sp³-hybridized carbons (Fsp3) is 0.529. The van der Waals surface area contributed by atoms with E-state index in [0.717, 1.165) is 32.8 Å². The Bertz CT molecular complexity index is 732. The number of thiophene rings is 1. The van der Waals surface area contributed by atoms with Crippen molar-refractivity contribution in [3.8, 4) is 9.88 Å². The molecule has 4 rings (SSSR count). The van der Waals surface area contributed by atoms with Gasteiger partial charge in [0, 0.05) is 30.6 Å². The zero-order valence-corrected chi connectivity index (χ0v) is 15.9. The Morgan fingerprint density at radius 1 is 1.38 bits per heavy atom. The number of likely N-dealkylation sites (N-methyl/N-ethyl adjacent to an activating group) is 1. The van der Waals surface area contributed by atoms with Gasteiger partial charge in [0.05, 0.1) is 21.3 Å². The molecule has 2 aromatic heterocycles. The summed E-state index contributed by atoms with van der Waals surface area (Å²) in [6.45, 7) is 0. The Hall–Kier alpha value is -0.950. The molecule has 7 heteroatoms. The number of fused-ring (bicyclic) bond motifs is 2. The number of hydrogen-bond donors (Lipinski definition) is 1. The van der Waals surface area contributed by atoms with Crippen molar-refractivity contribution in [2.45, 2.75) is 50.2 Å². The van der Waals surface area contributed by atoms with Crippen molar-refractivity contribution in [2.75, 3.05) is 7.05 Å². The van der Waals surface area contributed by atoms with E-state index in [1.807, 2.05) is 29.5 Å². The summed E-state index contributed by atoms with van der Waals surface area (Å²) in [7, 11) is 1.95. The van der Waals surface area contributed by atoms with Gasteiger partial charge in [0.25, 0.3) is 0 Å². The summed E-state index contributed by atoms with van der Waals surface area (Å²) in [5.74, 6) is 0.169. The predicted molar refractivity (Wildman–Crippen MR) is 99.9 cm³/mol. The number of hydrogen-bond acceptors (Lipinski definition) is 5. The molecular weight excluding hydrogens is 362 g/mol. The quantitative estimate of drug-likeness (QED) is 0.875. The van der Waals surface area contributed by atoms with Crippen molar-refractivity contribution in [1.29, 1.82) is 0 Å². The number of nitrogens with zero attached hydrogens (tertiary/aromatic N) is 2. The summed E-state index contributed by atoms with van der Waals surface area (Å²) in [4.78, 5) is 20.3. The van der Waals surface area contributed by atoms with Crippen molar-refractivity contribution in [3.63, 3.8) is 0 Å². The maximum atomic E-state index is 12.6. The van der Waals surface area contributed by atoms with Crippen LogP contribution < -0.4 is 5.32 Å². The number of piperidine rings is 1. The molecule has 4 heterocycles. The highest BCUT2D eigenvalue weighted by molar-refractivity contribution is 7.23. The SMILES string of the molecule is CN(C(=O)Cc1csc(-c2ccc(Cl)s2)n1)C1CC2CCC(C1)N2. The smallest absolute Gasteiger partial charge is 0.228 e. The molecule has 2 aliphatic rings.